The summed E-state index contributed by atoms with van der Waals surface area (Å²) in [6.07, 6.45) is 6.62. The number of benzene rings is 1. The quantitative estimate of drug-likeness (QED) is 0.928. The van der Waals surface area contributed by atoms with Crippen molar-refractivity contribution in [2.45, 2.75) is 44.7 Å². The zero-order valence-corrected chi connectivity index (χ0v) is 12.6. The molecule has 1 aliphatic heterocycles. The fourth-order valence-electron chi connectivity index (χ4n) is 3.71. The van der Waals surface area contributed by atoms with Gasteiger partial charge >= 0.3 is 0 Å². The van der Waals surface area contributed by atoms with Crippen LogP contribution < -0.4 is 0 Å². The summed E-state index contributed by atoms with van der Waals surface area (Å²) < 4.78 is 13.3. The molecule has 3 rings (SSSR count). The first kappa shape index (κ1) is 14.8. The van der Waals surface area contributed by atoms with Crippen molar-refractivity contribution >= 4 is 0 Å². The van der Waals surface area contributed by atoms with Gasteiger partial charge in [0.1, 0.15) is 11.6 Å². The molecule has 0 bridgehead atoms. The number of phenolic OH excluding ortho intramolecular Hbond substituents is 1. The minimum absolute atomic E-state index is 0.202. The number of hydrogen-bond donors (Lipinski definition) is 1. The topological polar surface area (TPSA) is 26.7 Å². The van der Waals surface area contributed by atoms with E-state index in [-0.39, 0.29) is 11.6 Å². The van der Waals surface area contributed by atoms with E-state index in [1.54, 1.807) is 0 Å². The molecule has 1 aromatic carbocycles. The minimum atomic E-state index is -0.273. The van der Waals surface area contributed by atoms with Crippen LogP contribution in [0.4, 0.5) is 4.39 Å². The Morgan fingerprint density at radius 2 is 1.86 bits per heavy atom. The molecule has 116 valence electrons. The molecule has 1 saturated heterocycles. The molecule has 3 nitrogen and oxygen atoms in total. The van der Waals surface area contributed by atoms with Crippen LogP contribution >= 0.6 is 0 Å². The lowest BCUT2D eigenvalue weighted by Gasteiger charge is -2.27. The van der Waals surface area contributed by atoms with Crippen molar-refractivity contribution in [2.75, 3.05) is 26.2 Å². The number of halogens is 1. The highest BCUT2D eigenvalue weighted by Gasteiger charge is 2.24. The van der Waals surface area contributed by atoms with Gasteiger partial charge in [0.2, 0.25) is 0 Å². The van der Waals surface area contributed by atoms with Crippen LogP contribution in [-0.2, 0) is 6.54 Å². The molecular formula is C17H25FN2O. The molecule has 0 spiro atoms. The predicted molar refractivity (Wildman–Crippen MR) is 81.8 cm³/mol. The summed E-state index contributed by atoms with van der Waals surface area (Å²) in [7, 11) is 0. The van der Waals surface area contributed by atoms with Crippen molar-refractivity contribution in [2.24, 2.45) is 0 Å². The maximum Gasteiger partial charge on any atom is 0.123 e. The predicted octanol–water partition coefficient (Wildman–Crippen LogP) is 2.98. The van der Waals surface area contributed by atoms with Crippen LogP contribution in [0.3, 0.4) is 0 Å². The molecule has 2 aliphatic rings. The van der Waals surface area contributed by atoms with Crippen LogP contribution in [0.2, 0.25) is 0 Å². The van der Waals surface area contributed by atoms with Crippen molar-refractivity contribution in [3.05, 3.63) is 29.6 Å². The van der Waals surface area contributed by atoms with Crippen molar-refractivity contribution in [3.8, 4) is 5.75 Å². The zero-order valence-electron chi connectivity index (χ0n) is 12.6. The number of nitrogens with zero attached hydrogens (tertiary/aromatic N) is 2. The number of rotatable bonds is 3. The molecule has 21 heavy (non-hydrogen) atoms. The fraction of sp³-hybridized carbons (Fsp3) is 0.647. The maximum absolute atomic E-state index is 13.3. The van der Waals surface area contributed by atoms with Crippen LogP contribution in [-0.4, -0.2) is 47.1 Å². The van der Waals surface area contributed by atoms with Crippen LogP contribution in [0.1, 0.15) is 37.7 Å². The highest BCUT2D eigenvalue weighted by molar-refractivity contribution is 5.32. The second kappa shape index (κ2) is 6.75. The molecule has 0 radical (unpaired) electrons. The Hall–Kier alpha value is -1.13. The number of phenols is 1. The Bertz CT molecular complexity index is 474. The molecular weight excluding hydrogens is 267 g/mol. The lowest BCUT2D eigenvalue weighted by atomic mass is 10.2. The van der Waals surface area contributed by atoms with Crippen LogP contribution in [0.15, 0.2) is 18.2 Å². The van der Waals surface area contributed by atoms with E-state index in [4.69, 9.17) is 0 Å². The van der Waals surface area contributed by atoms with Gasteiger partial charge in [-0.15, -0.1) is 0 Å². The molecule has 1 saturated carbocycles. The Morgan fingerprint density at radius 1 is 1.05 bits per heavy atom. The molecule has 1 aromatic rings. The minimum Gasteiger partial charge on any atom is -0.508 e. The smallest absolute Gasteiger partial charge is 0.123 e. The summed E-state index contributed by atoms with van der Waals surface area (Å²) in [6, 6.07) is 5.00. The molecule has 0 atom stereocenters. The molecule has 2 fully saturated rings. The van der Waals surface area contributed by atoms with Crippen molar-refractivity contribution < 1.29 is 9.50 Å². The molecule has 0 unspecified atom stereocenters. The van der Waals surface area contributed by atoms with E-state index in [2.05, 4.69) is 9.80 Å². The normalized spacial score (nSPS) is 22.5. The van der Waals surface area contributed by atoms with Gasteiger partial charge in [0.25, 0.3) is 0 Å². The van der Waals surface area contributed by atoms with Gasteiger partial charge in [-0.25, -0.2) is 4.39 Å². The van der Waals surface area contributed by atoms with Gasteiger partial charge in [-0.3, -0.25) is 9.80 Å². The SMILES string of the molecule is Oc1ccc(F)cc1CN1CCCN(C2CCCC2)CC1. The summed E-state index contributed by atoms with van der Waals surface area (Å²) in [5.74, 6) is -0.0708. The van der Waals surface area contributed by atoms with E-state index in [1.807, 2.05) is 0 Å². The van der Waals surface area contributed by atoms with Gasteiger partial charge in [0.15, 0.2) is 0 Å². The van der Waals surface area contributed by atoms with E-state index in [0.717, 1.165) is 32.1 Å². The average Bonchev–Trinajstić information content (AvgIpc) is 2.91. The number of aromatic hydroxyl groups is 1. The molecule has 1 heterocycles. The third kappa shape index (κ3) is 3.74. The Morgan fingerprint density at radius 3 is 2.67 bits per heavy atom. The summed E-state index contributed by atoms with van der Waals surface area (Å²) in [4.78, 5) is 4.97. The second-order valence-electron chi connectivity index (χ2n) is 6.38. The first-order valence-electron chi connectivity index (χ1n) is 8.16. The van der Waals surface area contributed by atoms with E-state index < -0.39 is 0 Å². The highest BCUT2D eigenvalue weighted by atomic mass is 19.1. The van der Waals surface area contributed by atoms with Gasteiger partial charge in [-0.05, 0) is 50.6 Å². The standard InChI is InChI=1S/C17H25FN2O/c18-15-6-7-17(21)14(12-15)13-19-8-3-9-20(11-10-19)16-4-1-2-5-16/h6-7,12,16,21H,1-5,8-11,13H2. The van der Waals surface area contributed by atoms with Crippen molar-refractivity contribution in [1.29, 1.82) is 0 Å². The first-order chi connectivity index (χ1) is 10.2. The molecule has 1 aliphatic carbocycles. The fourth-order valence-corrected chi connectivity index (χ4v) is 3.71. The van der Waals surface area contributed by atoms with E-state index in [0.29, 0.717) is 12.1 Å². The third-order valence-electron chi connectivity index (χ3n) is 4.90. The van der Waals surface area contributed by atoms with E-state index in [1.165, 1.54) is 50.4 Å². The molecule has 0 amide bonds. The average molecular weight is 292 g/mol. The largest absolute Gasteiger partial charge is 0.508 e. The zero-order chi connectivity index (χ0) is 14.7. The summed E-state index contributed by atoms with van der Waals surface area (Å²) in [5, 5.41) is 9.86. The summed E-state index contributed by atoms with van der Waals surface area (Å²) in [6.45, 7) is 4.95. The lowest BCUT2D eigenvalue weighted by Crippen LogP contribution is -2.36. The molecule has 1 N–H and O–H groups in total. The van der Waals surface area contributed by atoms with E-state index in [9.17, 15) is 9.50 Å². The van der Waals surface area contributed by atoms with Crippen LogP contribution in [0.25, 0.3) is 0 Å². The summed E-state index contributed by atoms with van der Waals surface area (Å²) >= 11 is 0. The van der Waals surface area contributed by atoms with E-state index >= 15 is 0 Å². The molecule has 4 heteroatoms. The monoisotopic (exact) mass is 292 g/mol. The van der Waals surface area contributed by atoms with Crippen molar-refractivity contribution in [1.82, 2.24) is 9.80 Å². The Kier molecular flexibility index (Phi) is 4.76. The Labute approximate surface area is 126 Å². The summed E-state index contributed by atoms with van der Waals surface area (Å²) in [5.41, 5.74) is 0.698. The maximum atomic E-state index is 13.3. The van der Waals surface area contributed by atoms with Crippen molar-refractivity contribution in [3.63, 3.8) is 0 Å². The number of hydrogen-bond acceptors (Lipinski definition) is 3. The molecule has 0 aromatic heterocycles. The first-order valence-corrected chi connectivity index (χ1v) is 8.16. The second-order valence-corrected chi connectivity index (χ2v) is 6.38. The van der Waals surface area contributed by atoms with Gasteiger partial charge in [-0.2, -0.15) is 0 Å². The van der Waals surface area contributed by atoms with Gasteiger partial charge < -0.3 is 5.11 Å². The van der Waals surface area contributed by atoms with Crippen LogP contribution in [0.5, 0.6) is 5.75 Å². The van der Waals surface area contributed by atoms with Gasteiger partial charge in [0, 0.05) is 31.2 Å². The van der Waals surface area contributed by atoms with Crippen LogP contribution in [0, 0.1) is 5.82 Å². The lowest BCUT2D eigenvalue weighted by molar-refractivity contribution is 0.198. The Balaban J connectivity index is 1.58. The third-order valence-corrected chi connectivity index (χ3v) is 4.90. The van der Waals surface area contributed by atoms with Gasteiger partial charge in [-0.1, -0.05) is 12.8 Å². The highest BCUT2D eigenvalue weighted by Crippen LogP contribution is 2.25. The van der Waals surface area contributed by atoms with Gasteiger partial charge in [0.05, 0.1) is 0 Å².